The molecule has 1 amide bonds. The van der Waals surface area contributed by atoms with Gasteiger partial charge in [0.1, 0.15) is 23.7 Å². The van der Waals surface area contributed by atoms with Crippen LogP contribution in [0.5, 0.6) is 11.5 Å². The summed E-state index contributed by atoms with van der Waals surface area (Å²) in [5.74, 6) is 0.133. The van der Waals surface area contributed by atoms with Gasteiger partial charge >= 0.3 is 16.6 Å². The molecule has 1 aromatic carbocycles. The molecule has 0 aromatic heterocycles. The van der Waals surface area contributed by atoms with Crippen molar-refractivity contribution in [3.8, 4) is 11.5 Å². The van der Waals surface area contributed by atoms with Gasteiger partial charge in [0.05, 0.1) is 13.1 Å². The zero-order valence-electron chi connectivity index (χ0n) is 13.0. The number of hydrogen-bond acceptors (Lipinski definition) is 6. The molecule has 9 heteroatoms. The maximum Gasteiger partial charge on any atom is 0.488 e. The van der Waals surface area contributed by atoms with Crippen LogP contribution in [-0.2, 0) is 21.8 Å². The minimum Gasteiger partial charge on any atom is -0.491 e. The van der Waals surface area contributed by atoms with Crippen LogP contribution < -0.4 is 8.92 Å². The summed E-state index contributed by atoms with van der Waals surface area (Å²) in [5, 5.41) is 0. The molecule has 0 saturated heterocycles. The zero-order valence-corrected chi connectivity index (χ0v) is 13.9. The number of fused-ring (bicyclic) bond motifs is 1. The second-order valence-corrected chi connectivity index (χ2v) is 6.95. The van der Waals surface area contributed by atoms with Crippen molar-refractivity contribution in [3.05, 3.63) is 23.8 Å². The van der Waals surface area contributed by atoms with Gasteiger partial charge in [0.15, 0.2) is 0 Å². The van der Waals surface area contributed by atoms with E-state index in [-0.39, 0.29) is 18.9 Å². The van der Waals surface area contributed by atoms with E-state index in [2.05, 4.69) is 4.18 Å². The number of nitrogens with zero attached hydrogens (tertiary/aromatic N) is 1. The fraction of sp³-hybridized carbons (Fsp3) is 0.500. The Morgan fingerprint density at radius 1 is 1.35 bits per heavy atom. The number of benzene rings is 1. The summed E-state index contributed by atoms with van der Waals surface area (Å²) in [4.78, 5) is 13.6. The summed E-state index contributed by atoms with van der Waals surface area (Å²) < 4.78 is 48.5. The summed E-state index contributed by atoms with van der Waals surface area (Å²) in [6.07, 6.45) is -0.472. The molecular weight excluding hydrogens is 329 g/mol. The van der Waals surface area contributed by atoms with Gasteiger partial charge in [0, 0.05) is 11.6 Å². The summed E-state index contributed by atoms with van der Waals surface area (Å²) in [6, 6.07) is 4.07. The molecule has 0 aliphatic carbocycles. The number of ether oxygens (including phenoxy) is 2. The first-order chi connectivity index (χ1) is 10.5. The van der Waals surface area contributed by atoms with Gasteiger partial charge in [-0.3, -0.25) is 0 Å². The van der Waals surface area contributed by atoms with Gasteiger partial charge in [-0.1, -0.05) is 3.89 Å². The van der Waals surface area contributed by atoms with E-state index in [1.54, 1.807) is 20.8 Å². The lowest BCUT2D eigenvalue weighted by atomic mass is 10.2. The van der Waals surface area contributed by atoms with Crippen molar-refractivity contribution >= 4 is 16.6 Å². The van der Waals surface area contributed by atoms with Crippen LogP contribution in [0.4, 0.5) is 8.68 Å². The second kappa shape index (κ2) is 6.23. The van der Waals surface area contributed by atoms with Crippen molar-refractivity contribution in [1.82, 2.24) is 4.90 Å². The Balaban J connectivity index is 2.16. The van der Waals surface area contributed by atoms with Crippen molar-refractivity contribution in [3.63, 3.8) is 0 Å². The van der Waals surface area contributed by atoms with Crippen LogP contribution in [0, 0.1) is 0 Å². The molecule has 7 nitrogen and oxygen atoms in total. The molecule has 1 aliphatic rings. The first-order valence-corrected chi connectivity index (χ1v) is 8.22. The van der Waals surface area contributed by atoms with E-state index in [4.69, 9.17) is 9.47 Å². The van der Waals surface area contributed by atoms with Crippen LogP contribution in [0.25, 0.3) is 0 Å². The number of carbonyl (C=O) groups excluding carboxylic acids is 1. The maximum atomic E-state index is 12.6. The summed E-state index contributed by atoms with van der Waals surface area (Å²) in [5.41, 5.74) is 0.0252. The maximum absolute atomic E-state index is 12.6. The van der Waals surface area contributed by atoms with Gasteiger partial charge in [-0.15, -0.1) is 0 Å². The first-order valence-electron chi connectivity index (χ1n) is 6.91. The van der Waals surface area contributed by atoms with Crippen LogP contribution in [0.2, 0.25) is 0 Å². The smallest absolute Gasteiger partial charge is 0.488 e. The van der Waals surface area contributed by atoms with Gasteiger partial charge in [0.25, 0.3) is 0 Å². The Hall–Kier alpha value is -2.03. The highest BCUT2D eigenvalue weighted by Gasteiger charge is 2.25. The van der Waals surface area contributed by atoms with Gasteiger partial charge in [0.2, 0.25) is 0 Å². The van der Waals surface area contributed by atoms with Crippen molar-refractivity contribution in [1.29, 1.82) is 0 Å². The standard InChI is InChI=1S/C14H18FNO6S/c1-14(2,3)21-13(17)16-6-7-20-12-8-11(22-23(15,18)19)5-4-10(12)9-16/h4-5,8H,6-7,9H2,1-3H3. The summed E-state index contributed by atoms with van der Waals surface area (Å²) in [6.45, 7) is 6.04. The highest BCUT2D eigenvalue weighted by Crippen LogP contribution is 2.29. The van der Waals surface area contributed by atoms with Gasteiger partial charge < -0.3 is 18.6 Å². The van der Waals surface area contributed by atoms with E-state index >= 15 is 0 Å². The number of carbonyl (C=O) groups is 1. The van der Waals surface area contributed by atoms with Crippen LogP contribution in [-0.4, -0.2) is 38.2 Å². The van der Waals surface area contributed by atoms with Gasteiger partial charge in [-0.2, -0.15) is 8.42 Å². The van der Waals surface area contributed by atoms with E-state index in [9.17, 15) is 17.1 Å². The number of rotatable bonds is 2. The van der Waals surface area contributed by atoms with E-state index in [0.717, 1.165) is 0 Å². The molecular formula is C14H18FNO6S. The molecule has 0 unspecified atom stereocenters. The summed E-state index contributed by atoms with van der Waals surface area (Å²) >= 11 is 0. The molecule has 1 aromatic rings. The Bertz CT molecular complexity index is 698. The first kappa shape index (κ1) is 17.3. The molecule has 23 heavy (non-hydrogen) atoms. The van der Waals surface area contributed by atoms with Crippen LogP contribution >= 0.6 is 0 Å². The molecule has 1 heterocycles. The molecule has 2 rings (SSSR count). The minimum atomic E-state index is -5.10. The van der Waals surface area contributed by atoms with Crippen molar-refractivity contribution in [2.75, 3.05) is 13.2 Å². The number of amides is 1. The van der Waals surface area contributed by atoms with Crippen LogP contribution in [0.1, 0.15) is 26.3 Å². The van der Waals surface area contributed by atoms with E-state index < -0.39 is 22.2 Å². The van der Waals surface area contributed by atoms with Crippen LogP contribution in [0.15, 0.2) is 18.2 Å². The fourth-order valence-corrected chi connectivity index (χ4v) is 2.33. The minimum absolute atomic E-state index is 0.193. The number of halogens is 1. The van der Waals surface area contributed by atoms with E-state index in [0.29, 0.717) is 17.9 Å². The van der Waals surface area contributed by atoms with Gasteiger partial charge in [-0.05, 0) is 32.9 Å². The fourth-order valence-electron chi connectivity index (χ4n) is 2.00. The van der Waals surface area contributed by atoms with Crippen molar-refractivity contribution < 1.29 is 30.8 Å². The average Bonchev–Trinajstić information content (AvgIpc) is 2.56. The second-order valence-electron chi connectivity index (χ2n) is 6.00. The van der Waals surface area contributed by atoms with Crippen molar-refractivity contribution in [2.45, 2.75) is 32.9 Å². The third kappa shape index (κ3) is 5.27. The highest BCUT2D eigenvalue weighted by molar-refractivity contribution is 7.81. The van der Waals surface area contributed by atoms with Crippen molar-refractivity contribution in [2.24, 2.45) is 0 Å². The molecule has 128 valence electrons. The SMILES string of the molecule is CC(C)(C)OC(=O)N1CCOc2cc(OS(=O)(=O)F)ccc2C1. The molecule has 0 bridgehead atoms. The zero-order chi connectivity index (χ0) is 17.3. The Kier molecular flexibility index (Phi) is 4.69. The predicted octanol–water partition coefficient (Wildman–Crippen LogP) is 2.41. The normalized spacial score (nSPS) is 15.2. The predicted molar refractivity (Wildman–Crippen MR) is 79.2 cm³/mol. The molecule has 0 N–H and O–H groups in total. The molecule has 0 saturated carbocycles. The third-order valence-electron chi connectivity index (χ3n) is 2.87. The topological polar surface area (TPSA) is 82.1 Å². The Morgan fingerprint density at radius 3 is 2.65 bits per heavy atom. The quantitative estimate of drug-likeness (QED) is 0.764. The molecule has 0 spiro atoms. The Morgan fingerprint density at radius 2 is 2.04 bits per heavy atom. The summed E-state index contributed by atoms with van der Waals surface area (Å²) in [7, 11) is -5.10. The lowest BCUT2D eigenvalue weighted by Crippen LogP contribution is -2.37. The van der Waals surface area contributed by atoms with E-state index in [1.807, 2.05) is 0 Å². The Labute approximate surface area is 134 Å². The highest BCUT2D eigenvalue weighted by atomic mass is 32.3. The lowest BCUT2D eigenvalue weighted by molar-refractivity contribution is 0.0225. The number of hydrogen-bond donors (Lipinski definition) is 0. The molecule has 0 fully saturated rings. The molecule has 1 aliphatic heterocycles. The third-order valence-corrected chi connectivity index (χ3v) is 3.26. The molecule has 0 radical (unpaired) electrons. The van der Waals surface area contributed by atoms with E-state index in [1.165, 1.54) is 23.1 Å². The van der Waals surface area contributed by atoms with Gasteiger partial charge in [-0.25, -0.2) is 4.79 Å². The lowest BCUT2D eigenvalue weighted by Gasteiger charge is -2.26. The monoisotopic (exact) mass is 347 g/mol. The molecule has 0 atom stereocenters. The van der Waals surface area contributed by atoms with Crippen LogP contribution in [0.3, 0.4) is 0 Å². The average molecular weight is 347 g/mol. The largest absolute Gasteiger partial charge is 0.491 e.